The summed E-state index contributed by atoms with van der Waals surface area (Å²) in [6, 6.07) is 10.6. The van der Waals surface area contributed by atoms with Crippen molar-refractivity contribution in [1.82, 2.24) is 10.6 Å². The van der Waals surface area contributed by atoms with Gasteiger partial charge in [-0.2, -0.15) is 0 Å². The zero-order valence-electron chi connectivity index (χ0n) is 18.0. The SMILES string of the molecule is CCC(C)NC(=O)CCNC(=O)c1cccc(NS(=O)(=O)c2ccc3c(c2)OCCO3)c1. The molecule has 0 fully saturated rings. The van der Waals surface area contributed by atoms with Crippen LogP contribution < -0.4 is 24.8 Å². The summed E-state index contributed by atoms with van der Waals surface area (Å²) < 4.78 is 38.9. The average Bonchev–Trinajstić information content (AvgIpc) is 2.78. The molecule has 0 radical (unpaired) electrons. The topological polar surface area (TPSA) is 123 Å². The van der Waals surface area contributed by atoms with E-state index >= 15 is 0 Å². The van der Waals surface area contributed by atoms with E-state index < -0.39 is 15.9 Å². The molecule has 0 bridgehead atoms. The molecule has 172 valence electrons. The molecule has 1 aliphatic heterocycles. The fraction of sp³-hybridized carbons (Fsp3) is 0.364. The maximum atomic E-state index is 12.8. The van der Waals surface area contributed by atoms with Gasteiger partial charge in [-0.3, -0.25) is 14.3 Å². The molecule has 32 heavy (non-hydrogen) atoms. The van der Waals surface area contributed by atoms with E-state index in [9.17, 15) is 18.0 Å². The summed E-state index contributed by atoms with van der Waals surface area (Å²) in [6.07, 6.45) is 0.986. The predicted octanol–water partition coefficient (Wildman–Crippen LogP) is 2.29. The number of benzene rings is 2. The molecule has 2 amide bonds. The Bertz CT molecular complexity index is 1090. The molecular weight excluding hydrogens is 434 g/mol. The van der Waals surface area contributed by atoms with Crippen molar-refractivity contribution in [2.75, 3.05) is 24.5 Å². The molecular formula is C22H27N3O6S. The van der Waals surface area contributed by atoms with Gasteiger partial charge in [-0.25, -0.2) is 8.42 Å². The number of nitrogens with one attached hydrogen (secondary N) is 3. The Labute approximate surface area is 187 Å². The zero-order chi connectivity index (χ0) is 23.1. The minimum atomic E-state index is -3.90. The van der Waals surface area contributed by atoms with Crippen molar-refractivity contribution in [2.24, 2.45) is 0 Å². The maximum Gasteiger partial charge on any atom is 0.262 e. The number of hydrogen-bond acceptors (Lipinski definition) is 6. The Morgan fingerprint density at radius 3 is 2.56 bits per heavy atom. The van der Waals surface area contributed by atoms with E-state index in [0.29, 0.717) is 24.7 Å². The van der Waals surface area contributed by atoms with Gasteiger partial charge in [0.2, 0.25) is 5.91 Å². The summed E-state index contributed by atoms with van der Waals surface area (Å²) in [7, 11) is -3.90. The Morgan fingerprint density at radius 2 is 1.81 bits per heavy atom. The summed E-state index contributed by atoms with van der Waals surface area (Å²) in [4.78, 5) is 24.2. The standard InChI is InChI=1S/C22H27N3O6S/c1-3-15(2)24-21(26)9-10-23-22(27)16-5-4-6-17(13-16)25-32(28,29)18-7-8-19-20(14-18)31-12-11-30-19/h4-8,13-15,25H,3,9-12H2,1-2H3,(H,23,27)(H,24,26). The highest BCUT2D eigenvalue weighted by molar-refractivity contribution is 7.92. The van der Waals surface area contributed by atoms with Crippen LogP contribution in [0.1, 0.15) is 37.0 Å². The minimum Gasteiger partial charge on any atom is -0.486 e. The number of amides is 2. The Hall–Kier alpha value is -3.27. The second-order valence-electron chi connectivity index (χ2n) is 7.37. The molecule has 1 heterocycles. The lowest BCUT2D eigenvalue weighted by Crippen LogP contribution is -2.35. The van der Waals surface area contributed by atoms with Gasteiger partial charge >= 0.3 is 0 Å². The smallest absolute Gasteiger partial charge is 0.262 e. The molecule has 2 aromatic rings. The highest BCUT2D eigenvalue weighted by Crippen LogP contribution is 2.32. The minimum absolute atomic E-state index is 0.0175. The molecule has 0 spiro atoms. The molecule has 1 unspecified atom stereocenters. The fourth-order valence-electron chi connectivity index (χ4n) is 2.97. The number of hydrogen-bond donors (Lipinski definition) is 3. The predicted molar refractivity (Wildman–Crippen MR) is 120 cm³/mol. The molecule has 1 aliphatic rings. The van der Waals surface area contributed by atoms with Crippen molar-refractivity contribution in [3.8, 4) is 11.5 Å². The highest BCUT2D eigenvalue weighted by atomic mass is 32.2. The molecule has 0 aromatic heterocycles. The number of fused-ring (bicyclic) bond motifs is 1. The summed E-state index contributed by atoms with van der Waals surface area (Å²) in [5.41, 5.74) is 0.511. The van der Waals surface area contributed by atoms with E-state index in [4.69, 9.17) is 9.47 Å². The van der Waals surface area contributed by atoms with Gasteiger partial charge in [0, 0.05) is 36.3 Å². The largest absolute Gasteiger partial charge is 0.486 e. The number of anilines is 1. The third-order valence-corrected chi connectivity index (χ3v) is 6.24. The molecule has 9 nitrogen and oxygen atoms in total. The summed E-state index contributed by atoms with van der Waals surface area (Å²) in [5.74, 6) is 0.318. The highest BCUT2D eigenvalue weighted by Gasteiger charge is 2.20. The second-order valence-corrected chi connectivity index (χ2v) is 9.06. The van der Waals surface area contributed by atoms with Gasteiger partial charge in [-0.15, -0.1) is 0 Å². The van der Waals surface area contributed by atoms with Gasteiger partial charge in [0.15, 0.2) is 11.5 Å². The first-order chi connectivity index (χ1) is 15.3. The van der Waals surface area contributed by atoms with Crippen LogP contribution in [0.25, 0.3) is 0 Å². The van der Waals surface area contributed by atoms with Crippen LogP contribution in [-0.2, 0) is 14.8 Å². The zero-order valence-corrected chi connectivity index (χ0v) is 18.8. The molecule has 1 atom stereocenters. The monoisotopic (exact) mass is 461 g/mol. The van der Waals surface area contributed by atoms with E-state index in [1.54, 1.807) is 24.3 Å². The molecule has 2 aromatic carbocycles. The van der Waals surface area contributed by atoms with Crippen LogP contribution in [0, 0.1) is 0 Å². The number of carbonyl (C=O) groups excluding carboxylic acids is 2. The van der Waals surface area contributed by atoms with Gasteiger partial charge in [0.1, 0.15) is 13.2 Å². The number of rotatable bonds is 9. The van der Waals surface area contributed by atoms with Crippen LogP contribution in [0.15, 0.2) is 47.4 Å². The molecule has 10 heteroatoms. The van der Waals surface area contributed by atoms with Crippen LogP contribution in [-0.4, -0.2) is 46.0 Å². The van der Waals surface area contributed by atoms with Crippen LogP contribution in [0.4, 0.5) is 5.69 Å². The second kappa shape index (κ2) is 10.4. The van der Waals surface area contributed by atoms with Crippen molar-refractivity contribution in [3.05, 3.63) is 48.0 Å². The van der Waals surface area contributed by atoms with E-state index in [1.165, 1.54) is 18.2 Å². The normalized spacial score (nSPS) is 13.7. The van der Waals surface area contributed by atoms with E-state index in [-0.39, 0.29) is 41.1 Å². The van der Waals surface area contributed by atoms with Crippen molar-refractivity contribution in [1.29, 1.82) is 0 Å². The van der Waals surface area contributed by atoms with Crippen molar-refractivity contribution in [3.63, 3.8) is 0 Å². The molecule has 3 N–H and O–H groups in total. The van der Waals surface area contributed by atoms with Crippen molar-refractivity contribution < 1.29 is 27.5 Å². The van der Waals surface area contributed by atoms with Gasteiger partial charge in [-0.05, 0) is 43.7 Å². The quantitative estimate of drug-likeness (QED) is 0.527. The van der Waals surface area contributed by atoms with Gasteiger partial charge in [0.25, 0.3) is 15.9 Å². The van der Waals surface area contributed by atoms with E-state index in [1.807, 2.05) is 13.8 Å². The lowest BCUT2D eigenvalue weighted by Gasteiger charge is -2.19. The maximum absolute atomic E-state index is 12.8. The van der Waals surface area contributed by atoms with E-state index in [2.05, 4.69) is 15.4 Å². The van der Waals surface area contributed by atoms with Gasteiger partial charge in [0.05, 0.1) is 4.90 Å². The summed E-state index contributed by atoms with van der Waals surface area (Å²) >= 11 is 0. The molecule has 3 rings (SSSR count). The lowest BCUT2D eigenvalue weighted by molar-refractivity contribution is -0.121. The van der Waals surface area contributed by atoms with Crippen molar-refractivity contribution >= 4 is 27.5 Å². The number of carbonyl (C=O) groups is 2. The number of sulfonamides is 1. The third kappa shape index (κ3) is 6.13. The summed E-state index contributed by atoms with van der Waals surface area (Å²) in [5, 5.41) is 5.50. The first-order valence-corrected chi connectivity index (χ1v) is 11.9. The Kier molecular flexibility index (Phi) is 7.57. The van der Waals surface area contributed by atoms with Crippen LogP contribution in [0.5, 0.6) is 11.5 Å². The van der Waals surface area contributed by atoms with Crippen LogP contribution in [0.3, 0.4) is 0 Å². The van der Waals surface area contributed by atoms with Crippen molar-refractivity contribution in [2.45, 2.75) is 37.6 Å². The average molecular weight is 462 g/mol. The molecule has 0 aliphatic carbocycles. The molecule has 0 saturated carbocycles. The molecule has 0 saturated heterocycles. The third-order valence-electron chi connectivity index (χ3n) is 4.86. The number of ether oxygens (including phenoxy) is 2. The first-order valence-electron chi connectivity index (χ1n) is 10.4. The Balaban J connectivity index is 1.61. The summed E-state index contributed by atoms with van der Waals surface area (Å²) in [6.45, 7) is 4.82. The van der Waals surface area contributed by atoms with Crippen LogP contribution >= 0.6 is 0 Å². The Morgan fingerprint density at radius 1 is 1.06 bits per heavy atom. The van der Waals surface area contributed by atoms with Gasteiger partial charge in [-0.1, -0.05) is 13.0 Å². The lowest BCUT2D eigenvalue weighted by atomic mass is 10.2. The first kappa shape index (κ1) is 23.4. The van der Waals surface area contributed by atoms with E-state index in [0.717, 1.165) is 6.42 Å². The fourth-order valence-corrected chi connectivity index (χ4v) is 4.03. The van der Waals surface area contributed by atoms with Gasteiger partial charge < -0.3 is 20.1 Å². The van der Waals surface area contributed by atoms with Crippen LogP contribution in [0.2, 0.25) is 0 Å².